The van der Waals surface area contributed by atoms with Crippen LogP contribution in [0.3, 0.4) is 0 Å². The van der Waals surface area contributed by atoms with Gasteiger partial charge in [0, 0.05) is 19.1 Å². The summed E-state index contributed by atoms with van der Waals surface area (Å²) < 4.78 is 0. The molecule has 94 valence electrons. The first-order valence-electron chi connectivity index (χ1n) is 6.30. The van der Waals surface area contributed by atoms with Crippen LogP contribution in [0.5, 0.6) is 0 Å². The number of hydrogen-bond donors (Lipinski definition) is 3. The third-order valence-corrected chi connectivity index (χ3v) is 3.37. The van der Waals surface area contributed by atoms with Gasteiger partial charge in [-0.05, 0) is 38.1 Å². The van der Waals surface area contributed by atoms with Crippen molar-refractivity contribution in [1.82, 2.24) is 5.32 Å². The first-order valence-corrected chi connectivity index (χ1v) is 6.30. The molecule has 0 aromatic carbocycles. The van der Waals surface area contributed by atoms with E-state index in [1.165, 1.54) is 12.8 Å². The molecular formula is C12H23NO3. The zero-order valence-corrected chi connectivity index (χ0v) is 9.82. The smallest absolute Gasteiger partial charge is 0.303 e. The van der Waals surface area contributed by atoms with Crippen LogP contribution in [0.4, 0.5) is 0 Å². The van der Waals surface area contributed by atoms with Gasteiger partial charge in [0.2, 0.25) is 0 Å². The van der Waals surface area contributed by atoms with Crippen LogP contribution in [-0.4, -0.2) is 35.4 Å². The number of rotatable bonds is 8. The highest BCUT2D eigenvalue weighted by Crippen LogP contribution is 2.24. The quantitative estimate of drug-likeness (QED) is 0.550. The fourth-order valence-corrected chi connectivity index (χ4v) is 2.39. The standard InChI is InChI=1S/C12H23NO3/c14-9-10-5-4-6-11(10)13-8-3-1-2-7-12(15)16/h10-11,13-14H,1-9H2,(H,15,16). The Morgan fingerprint density at radius 3 is 2.75 bits per heavy atom. The van der Waals surface area contributed by atoms with Gasteiger partial charge in [-0.15, -0.1) is 0 Å². The lowest BCUT2D eigenvalue weighted by Crippen LogP contribution is -2.34. The summed E-state index contributed by atoms with van der Waals surface area (Å²) in [6, 6.07) is 0.476. The molecule has 4 nitrogen and oxygen atoms in total. The van der Waals surface area contributed by atoms with E-state index in [2.05, 4.69) is 5.32 Å². The van der Waals surface area contributed by atoms with E-state index in [1.54, 1.807) is 0 Å². The van der Waals surface area contributed by atoms with Crippen molar-refractivity contribution < 1.29 is 15.0 Å². The van der Waals surface area contributed by atoms with Gasteiger partial charge in [-0.2, -0.15) is 0 Å². The molecule has 1 aliphatic carbocycles. The maximum Gasteiger partial charge on any atom is 0.303 e. The second kappa shape index (κ2) is 7.63. The number of aliphatic hydroxyl groups excluding tert-OH is 1. The Bertz CT molecular complexity index is 208. The molecule has 1 saturated carbocycles. The molecule has 0 bridgehead atoms. The Hall–Kier alpha value is -0.610. The number of aliphatic carboxylic acids is 1. The van der Waals surface area contributed by atoms with Crippen LogP contribution in [-0.2, 0) is 4.79 Å². The van der Waals surface area contributed by atoms with Gasteiger partial charge in [0.25, 0.3) is 0 Å². The van der Waals surface area contributed by atoms with Crippen LogP contribution in [0.25, 0.3) is 0 Å². The Kier molecular flexibility index (Phi) is 6.42. The number of aliphatic hydroxyl groups is 1. The summed E-state index contributed by atoms with van der Waals surface area (Å²) in [6.45, 7) is 1.23. The summed E-state index contributed by atoms with van der Waals surface area (Å²) in [5, 5.41) is 21.1. The SMILES string of the molecule is O=C(O)CCCCCNC1CCCC1CO. The van der Waals surface area contributed by atoms with Crippen LogP contribution < -0.4 is 5.32 Å². The Morgan fingerprint density at radius 1 is 1.25 bits per heavy atom. The highest BCUT2D eigenvalue weighted by molar-refractivity contribution is 5.66. The molecule has 0 heterocycles. The molecule has 0 saturated heterocycles. The van der Waals surface area contributed by atoms with E-state index >= 15 is 0 Å². The van der Waals surface area contributed by atoms with Crippen molar-refractivity contribution in [2.24, 2.45) is 5.92 Å². The summed E-state index contributed by atoms with van der Waals surface area (Å²) in [5.74, 6) is -0.275. The molecule has 3 N–H and O–H groups in total. The average Bonchev–Trinajstić information content (AvgIpc) is 2.70. The molecule has 2 atom stereocenters. The predicted octanol–water partition coefficient (Wildman–Crippen LogP) is 1.38. The van der Waals surface area contributed by atoms with E-state index in [4.69, 9.17) is 10.2 Å². The Labute approximate surface area is 97.0 Å². The summed E-state index contributed by atoms with van der Waals surface area (Å²) in [4.78, 5) is 10.3. The van der Waals surface area contributed by atoms with E-state index in [1.807, 2.05) is 0 Å². The molecule has 0 amide bonds. The van der Waals surface area contributed by atoms with Crippen molar-refractivity contribution in [2.45, 2.75) is 51.0 Å². The number of hydrogen-bond acceptors (Lipinski definition) is 3. The average molecular weight is 229 g/mol. The van der Waals surface area contributed by atoms with E-state index in [0.717, 1.165) is 32.2 Å². The highest BCUT2D eigenvalue weighted by Gasteiger charge is 2.25. The molecule has 16 heavy (non-hydrogen) atoms. The number of carboxylic acids is 1. The first-order chi connectivity index (χ1) is 7.74. The minimum Gasteiger partial charge on any atom is -0.481 e. The Balaban J connectivity index is 1.96. The number of nitrogens with one attached hydrogen (secondary N) is 1. The van der Waals surface area contributed by atoms with Gasteiger partial charge in [-0.1, -0.05) is 12.8 Å². The maximum absolute atomic E-state index is 10.3. The Morgan fingerprint density at radius 2 is 2.06 bits per heavy atom. The molecule has 2 unspecified atom stereocenters. The zero-order chi connectivity index (χ0) is 11.8. The zero-order valence-electron chi connectivity index (χ0n) is 9.82. The van der Waals surface area contributed by atoms with Gasteiger partial charge in [-0.3, -0.25) is 4.79 Å². The second-order valence-corrected chi connectivity index (χ2v) is 4.64. The lowest BCUT2D eigenvalue weighted by atomic mass is 10.0. The molecule has 0 aromatic rings. The molecule has 0 aliphatic heterocycles. The van der Waals surface area contributed by atoms with Gasteiger partial charge in [0.15, 0.2) is 0 Å². The molecule has 1 fully saturated rings. The fraction of sp³-hybridized carbons (Fsp3) is 0.917. The lowest BCUT2D eigenvalue weighted by molar-refractivity contribution is -0.137. The van der Waals surface area contributed by atoms with E-state index < -0.39 is 5.97 Å². The van der Waals surface area contributed by atoms with Crippen LogP contribution in [0, 0.1) is 5.92 Å². The van der Waals surface area contributed by atoms with Crippen molar-refractivity contribution in [3.05, 3.63) is 0 Å². The monoisotopic (exact) mass is 229 g/mol. The van der Waals surface area contributed by atoms with Crippen molar-refractivity contribution in [3.63, 3.8) is 0 Å². The topological polar surface area (TPSA) is 69.6 Å². The molecule has 4 heteroatoms. The molecule has 0 spiro atoms. The van der Waals surface area contributed by atoms with E-state index in [-0.39, 0.29) is 13.0 Å². The predicted molar refractivity (Wildman–Crippen MR) is 62.3 cm³/mol. The van der Waals surface area contributed by atoms with Crippen molar-refractivity contribution in [1.29, 1.82) is 0 Å². The third-order valence-electron chi connectivity index (χ3n) is 3.37. The van der Waals surface area contributed by atoms with Gasteiger partial charge >= 0.3 is 5.97 Å². The minimum atomic E-state index is -0.705. The number of carboxylic acid groups (broad SMARTS) is 1. The van der Waals surface area contributed by atoms with Crippen LogP contribution >= 0.6 is 0 Å². The third kappa shape index (κ3) is 4.94. The van der Waals surface area contributed by atoms with Gasteiger partial charge in [0.1, 0.15) is 0 Å². The highest BCUT2D eigenvalue weighted by atomic mass is 16.4. The number of carbonyl (C=O) groups is 1. The van der Waals surface area contributed by atoms with Crippen LogP contribution in [0.2, 0.25) is 0 Å². The summed E-state index contributed by atoms with van der Waals surface area (Å²) in [6.07, 6.45) is 6.56. The maximum atomic E-state index is 10.3. The molecule has 0 radical (unpaired) electrons. The lowest BCUT2D eigenvalue weighted by Gasteiger charge is -2.18. The van der Waals surface area contributed by atoms with Crippen molar-refractivity contribution in [3.8, 4) is 0 Å². The van der Waals surface area contributed by atoms with E-state index in [0.29, 0.717) is 12.0 Å². The molecule has 0 aromatic heterocycles. The summed E-state index contributed by atoms with van der Waals surface area (Å²) in [7, 11) is 0. The van der Waals surface area contributed by atoms with Crippen molar-refractivity contribution >= 4 is 5.97 Å². The van der Waals surface area contributed by atoms with E-state index in [9.17, 15) is 4.79 Å². The van der Waals surface area contributed by atoms with Gasteiger partial charge in [0.05, 0.1) is 0 Å². The molecule has 1 rings (SSSR count). The first kappa shape index (κ1) is 13.5. The van der Waals surface area contributed by atoms with Crippen LogP contribution in [0.15, 0.2) is 0 Å². The van der Waals surface area contributed by atoms with Crippen molar-refractivity contribution in [2.75, 3.05) is 13.2 Å². The second-order valence-electron chi connectivity index (χ2n) is 4.64. The van der Waals surface area contributed by atoms with Crippen LogP contribution in [0.1, 0.15) is 44.9 Å². The fourth-order valence-electron chi connectivity index (χ4n) is 2.39. The molecular weight excluding hydrogens is 206 g/mol. The van der Waals surface area contributed by atoms with Gasteiger partial charge in [-0.25, -0.2) is 0 Å². The minimum absolute atomic E-state index is 0.280. The van der Waals surface area contributed by atoms with Gasteiger partial charge < -0.3 is 15.5 Å². The summed E-state index contributed by atoms with van der Waals surface area (Å²) >= 11 is 0. The molecule has 1 aliphatic rings. The summed E-state index contributed by atoms with van der Waals surface area (Å²) in [5.41, 5.74) is 0. The normalized spacial score (nSPS) is 24.8. The largest absolute Gasteiger partial charge is 0.481 e. The number of unbranched alkanes of at least 4 members (excludes halogenated alkanes) is 2.